The van der Waals surface area contributed by atoms with E-state index in [1.54, 1.807) is 0 Å². The summed E-state index contributed by atoms with van der Waals surface area (Å²) >= 11 is 5.71. The first-order chi connectivity index (χ1) is 16.6. The van der Waals surface area contributed by atoms with Crippen LogP contribution in [-0.2, 0) is 22.9 Å². The number of phosphoric acid groups is 1. The molecule has 3 aromatic rings. The Labute approximate surface area is 202 Å². The maximum atomic E-state index is 13.8. The predicted octanol–water partition coefficient (Wildman–Crippen LogP) is 2.42. The molecule has 2 aliphatic rings. The van der Waals surface area contributed by atoms with Crippen LogP contribution in [0.5, 0.6) is 0 Å². The van der Waals surface area contributed by atoms with Gasteiger partial charge in [0.15, 0.2) is 17.7 Å². The number of hydrogen-bond donors (Lipinski definition) is 3. The van der Waals surface area contributed by atoms with Crippen LogP contribution in [0.4, 0.5) is 10.2 Å². The average molecular weight is 528 g/mol. The zero-order valence-electron chi connectivity index (χ0n) is 18.1. The number of ether oxygens (including phenoxy) is 1. The van der Waals surface area contributed by atoms with Crippen LogP contribution >= 0.6 is 19.4 Å². The molecular formula is C20H20ClFN5O7P. The van der Waals surface area contributed by atoms with Crippen molar-refractivity contribution in [3.63, 3.8) is 0 Å². The number of nitrogens with zero attached hydrogens (tertiary/aromatic N) is 4. The van der Waals surface area contributed by atoms with E-state index in [0.717, 1.165) is 6.07 Å². The van der Waals surface area contributed by atoms with E-state index in [9.17, 15) is 19.2 Å². The zero-order chi connectivity index (χ0) is 25.0. The minimum absolute atomic E-state index is 0.0744. The van der Waals surface area contributed by atoms with E-state index in [-0.39, 0.29) is 34.4 Å². The summed E-state index contributed by atoms with van der Waals surface area (Å²) in [5, 5.41) is 21.6. The van der Waals surface area contributed by atoms with Crippen molar-refractivity contribution < 1.29 is 37.5 Å². The van der Waals surface area contributed by atoms with E-state index in [1.807, 2.05) is 0 Å². The van der Waals surface area contributed by atoms with E-state index in [2.05, 4.69) is 15.0 Å². The Hall–Kier alpha value is -2.64. The third kappa shape index (κ3) is 4.29. The fraction of sp³-hybridized carbons (Fsp3) is 0.350. The van der Waals surface area contributed by atoms with Crippen molar-refractivity contribution in [1.82, 2.24) is 19.5 Å². The minimum atomic E-state index is -4.16. The number of aromatic nitrogens is 4. The number of nitrogen functional groups attached to an aromatic ring is 1. The van der Waals surface area contributed by atoms with Crippen LogP contribution in [0.2, 0.25) is 5.02 Å². The Kier molecular flexibility index (Phi) is 6.04. The van der Waals surface area contributed by atoms with Gasteiger partial charge in [-0.1, -0.05) is 11.6 Å². The van der Waals surface area contributed by atoms with E-state index in [4.69, 9.17) is 35.6 Å². The number of imidazole rings is 1. The number of aliphatic hydroxyl groups excluding tert-OH is 1. The van der Waals surface area contributed by atoms with E-state index in [1.165, 1.54) is 42.4 Å². The summed E-state index contributed by atoms with van der Waals surface area (Å²) in [6, 6.07) is 3.95. The van der Waals surface area contributed by atoms with Crippen LogP contribution in [0, 0.1) is 5.82 Å². The molecule has 5 atom stereocenters. The summed E-state index contributed by atoms with van der Waals surface area (Å²) in [5.74, 6) is -0.457. The first-order valence-corrected chi connectivity index (χ1v) is 12.2. The molecule has 1 saturated heterocycles. The normalized spacial score (nSPS) is 30.9. The smallest absolute Gasteiger partial charge is 0.404 e. The van der Waals surface area contributed by atoms with E-state index in [0.29, 0.717) is 5.52 Å². The fourth-order valence-electron chi connectivity index (χ4n) is 3.86. The maximum Gasteiger partial charge on any atom is 0.530 e. The summed E-state index contributed by atoms with van der Waals surface area (Å²) in [6.07, 6.45) is 0.321. The van der Waals surface area contributed by atoms with Crippen LogP contribution in [0.25, 0.3) is 16.9 Å². The molecule has 15 heteroatoms. The summed E-state index contributed by atoms with van der Waals surface area (Å²) in [4.78, 5) is 12.1. The monoisotopic (exact) mass is 527 g/mol. The fourth-order valence-corrected chi connectivity index (χ4v) is 5.16. The van der Waals surface area contributed by atoms with Crippen molar-refractivity contribution in [3.8, 4) is 0 Å². The van der Waals surface area contributed by atoms with Crippen LogP contribution in [-0.4, -0.2) is 60.8 Å². The molecule has 12 nitrogen and oxygen atoms in total. The first-order valence-electron chi connectivity index (χ1n) is 10.3. The van der Waals surface area contributed by atoms with Gasteiger partial charge in [0, 0.05) is 5.56 Å². The molecule has 1 fully saturated rings. The second kappa shape index (κ2) is 8.79. The van der Waals surface area contributed by atoms with Gasteiger partial charge < -0.3 is 25.2 Å². The highest BCUT2D eigenvalue weighted by atomic mass is 35.5. The third-order valence-corrected chi connectivity index (χ3v) is 7.36. The topological polar surface area (TPSA) is 164 Å². The molecule has 186 valence electrons. The van der Waals surface area contributed by atoms with Crippen LogP contribution in [0.1, 0.15) is 18.7 Å². The lowest BCUT2D eigenvalue weighted by Gasteiger charge is -2.27. The lowest BCUT2D eigenvalue weighted by molar-refractivity contribution is -0.0950. The Morgan fingerprint density at radius 1 is 1.40 bits per heavy atom. The molecule has 4 heterocycles. The highest BCUT2D eigenvalue weighted by molar-refractivity contribution is 7.48. The average Bonchev–Trinajstić information content (AvgIpc) is 3.34. The molecular weight excluding hydrogens is 508 g/mol. The number of nitrogens with two attached hydrogens (primary N) is 1. The van der Waals surface area contributed by atoms with E-state index < -0.39 is 44.3 Å². The number of aliphatic hydroxyl groups is 2. The van der Waals surface area contributed by atoms with Gasteiger partial charge in [0.05, 0.1) is 24.6 Å². The van der Waals surface area contributed by atoms with Crippen molar-refractivity contribution in [2.45, 2.75) is 31.0 Å². The summed E-state index contributed by atoms with van der Waals surface area (Å²) in [5.41, 5.74) is 4.87. The molecule has 1 unspecified atom stereocenters. The second-order valence-electron chi connectivity index (χ2n) is 8.11. The molecule has 0 bridgehead atoms. The van der Waals surface area contributed by atoms with Crippen LogP contribution in [0.3, 0.4) is 0 Å². The zero-order valence-corrected chi connectivity index (χ0v) is 19.8. The van der Waals surface area contributed by atoms with Crippen molar-refractivity contribution in [2.75, 3.05) is 18.9 Å². The molecule has 0 amide bonds. The van der Waals surface area contributed by atoms with Crippen LogP contribution in [0.15, 0.2) is 36.9 Å². The number of halogens is 2. The Balaban J connectivity index is 1.31. The Morgan fingerprint density at radius 3 is 2.97 bits per heavy atom. The standard InChI is InChI=1S/C20H20ClFN5O7P/c1-20(29)16(28)14(33-19(20)27-9-26-15-17(23)24-8-25-18(15)27)7-32-35(30)31-5-4-13(34-35)10-2-3-11(21)12(22)6-10/h2-4,6,8-9,14,16,19,28-29H,5,7H2,1H3,(H2,23,24,25)/t14-,16-,19-,20-,35?/m1/s1. The highest BCUT2D eigenvalue weighted by Gasteiger charge is 2.54. The summed E-state index contributed by atoms with van der Waals surface area (Å²) < 4.78 is 50.0. The van der Waals surface area contributed by atoms with E-state index >= 15 is 0 Å². The molecule has 0 spiro atoms. The summed E-state index contributed by atoms with van der Waals surface area (Å²) in [6.45, 7) is 0.773. The SMILES string of the molecule is C[C@@]1(O)[C@H](O)[C@@H](COP2(=O)OCC=C(c3ccc(Cl)c(F)c3)O2)O[C@H]1n1cnc2c(N)ncnc21. The molecule has 0 radical (unpaired) electrons. The molecule has 4 N–H and O–H groups in total. The third-order valence-electron chi connectivity index (χ3n) is 5.71. The second-order valence-corrected chi connectivity index (χ2v) is 10.1. The molecule has 2 aliphatic heterocycles. The number of fused-ring (bicyclic) bond motifs is 1. The number of phosphoric ester groups is 1. The van der Waals surface area contributed by atoms with Gasteiger partial charge in [-0.25, -0.2) is 23.9 Å². The molecule has 2 aromatic heterocycles. The van der Waals surface area contributed by atoms with Crippen molar-refractivity contribution in [3.05, 3.63) is 53.3 Å². The van der Waals surface area contributed by atoms with Gasteiger partial charge in [0.1, 0.15) is 41.2 Å². The Morgan fingerprint density at radius 2 is 2.20 bits per heavy atom. The van der Waals surface area contributed by atoms with Crippen LogP contribution < -0.4 is 5.73 Å². The van der Waals surface area contributed by atoms with Gasteiger partial charge in [-0.2, -0.15) is 0 Å². The molecule has 0 saturated carbocycles. The van der Waals surface area contributed by atoms with Gasteiger partial charge in [-0.05, 0) is 31.2 Å². The molecule has 5 rings (SSSR count). The lowest BCUT2D eigenvalue weighted by Crippen LogP contribution is -2.44. The predicted molar refractivity (Wildman–Crippen MR) is 120 cm³/mol. The summed E-state index contributed by atoms with van der Waals surface area (Å²) in [7, 11) is -4.16. The lowest BCUT2D eigenvalue weighted by atomic mass is 9.96. The van der Waals surface area contributed by atoms with Crippen molar-refractivity contribution in [2.24, 2.45) is 0 Å². The van der Waals surface area contributed by atoms with Gasteiger partial charge in [0.2, 0.25) is 0 Å². The number of anilines is 1. The molecule has 0 aliphatic carbocycles. The van der Waals surface area contributed by atoms with Gasteiger partial charge >= 0.3 is 7.82 Å². The van der Waals surface area contributed by atoms with Gasteiger partial charge in [-0.3, -0.25) is 13.6 Å². The minimum Gasteiger partial charge on any atom is -0.404 e. The Bertz CT molecular complexity index is 1370. The largest absolute Gasteiger partial charge is 0.530 e. The molecule has 35 heavy (non-hydrogen) atoms. The quantitative estimate of drug-likeness (QED) is 0.417. The number of benzene rings is 1. The highest BCUT2D eigenvalue weighted by Crippen LogP contribution is 2.56. The maximum absolute atomic E-state index is 13.8. The van der Waals surface area contributed by atoms with Crippen molar-refractivity contribution >= 4 is 42.2 Å². The number of hydrogen-bond acceptors (Lipinski definition) is 11. The van der Waals surface area contributed by atoms with Gasteiger partial charge in [-0.15, -0.1) is 0 Å². The first kappa shape index (κ1) is 24.1. The number of rotatable bonds is 5. The molecule has 1 aromatic carbocycles. The van der Waals surface area contributed by atoms with Crippen molar-refractivity contribution in [1.29, 1.82) is 0 Å². The van der Waals surface area contributed by atoms with Gasteiger partial charge in [0.25, 0.3) is 0 Å².